The van der Waals surface area contributed by atoms with Crippen LogP contribution < -0.4 is 4.72 Å². The lowest BCUT2D eigenvalue weighted by atomic mass is 9.84. The normalized spacial score (nSPS) is 18.1. The van der Waals surface area contributed by atoms with Crippen LogP contribution in [0.5, 0.6) is 0 Å². The van der Waals surface area contributed by atoms with Crippen molar-refractivity contribution in [1.82, 2.24) is 4.72 Å². The van der Waals surface area contributed by atoms with Gasteiger partial charge in [-0.25, -0.2) is 13.1 Å². The highest BCUT2D eigenvalue weighted by atomic mass is 32.2. The van der Waals surface area contributed by atoms with E-state index < -0.39 is 10.0 Å². The second kappa shape index (κ2) is 12.2. The van der Waals surface area contributed by atoms with Gasteiger partial charge in [-0.2, -0.15) is 0 Å². The first kappa shape index (κ1) is 23.7. The molecular weight excluding hydrogens is 402 g/mol. The molecule has 0 aliphatic heterocycles. The van der Waals surface area contributed by atoms with Crippen LogP contribution >= 0.6 is 0 Å². The third kappa shape index (κ3) is 7.62. The Morgan fingerprint density at radius 3 is 2.00 bits per heavy atom. The topological polar surface area (TPSA) is 46.2 Å². The molecule has 0 amide bonds. The van der Waals surface area contributed by atoms with Gasteiger partial charge in [0, 0.05) is 0 Å². The van der Waals surface area contributed by atoms with Crippen molar-refractivity contribution in [3.63, 3.8) is 0 Å². The van der Waals surface area contributed by atoms with Gasteiger partial charge < -0.3 is 0 Å². The molecule has 1 unspecified atom stereocenters. The molecule has 168 valence electrons. The Labute approximate surface area is 189 Å². The van der Waals surface area contributed by atoms with Crippen molar-refractivity contribution < 1.29 is 8.42 Å². The van der Waals surface area contributed by atoms with Crippen LogP contribution in [0.4, 0.5) is 0 Å². The molecule has 3 rings (SSSR count). The van der Waals surface area contributed by atoms with E-state index in [1.165, 1.54) is 38.5 Å². The molecule has 0 bridgehead atoms. The Balaban J connectivity index is 1.88. The Kier molecular flexibility index (Phi) is 9.35. The van der Waals surface area contributed by atoms with Gasteiger partial charge in [0.15, 0.2) is 0 Å². The second-order valence-electron chi connectivity index (χ2n) is 8.84. The van der Waals surface area contributed by atoms with Crippen molar-refractivity contribution in [2.45, 2.75) is 76.0 Å². The van der Waals surface area contributed by atoms with Crippen molar-refractivity contribution in [1.29, 1.82) is 0 Å². The maximum atomic E-state index is 13.2. The summed E-state index contributed by atoms with van der Waals surface area (Å²) < 4.78 is 29.6. The van der Waals surface area contributed by atoms with E-state index in [0.29, 0.717) is 5.92 Å². The summed E-state index contributed by atoms with van der Waals surface area (Å²) in [5.41, 5.74) is 2.88. The van der Waals surface area contributed by atoms with Crippen LogP contribution in [-0.2, 0) is 15.8 Å². The molecule has 31 heavy (non-hydrogen) atoms. The lowest BCUT2D eigenvalue weighted by molar-refractivity contribution is 0.332. The molecule has 1 aliphatic rings. The summed E-state index contributed by atoms with van der Waals surface area (Å²) in [6.45, 7) is 3.98. The van der Waals surface area contributed by atoms with Crippen molar-refractivity contribution in [2.24, 2.45) is 5.92 Å². The van der Waals surface area contributed by atoms with Crippen molar-refractivity contribution in [3.8, 4) is 0 Å². The number of nitrogens with one attached hydrogen (secondary N) is 1. The predicted molar refractivity (Wildman–Crippen MR) is 131 cm³/mol. The number of hydrogen-bond donors (Lipinski definition) is 1. The summed E-state index contributed by atoms with van der Waals surface area (Å²) in [5, 5.41) is 0. The van der Waals surface area contributed by atoms with Gasteiger partial charge in [-0.3, -0.25) is 0 Å². The fraction of sp³-hybridized carbons (Fsp3) is 0.481. The Morgan fingerprint density at radius 2 is 1.39 bits per heavy atom. The minimum atomic E-state index is -3.49. The molecule has 2 aromatic rings. The summed E-state index contributed by atoms with van der Waals surface area (Å²) in [4.78, 5) is 0. The van der Waals surface area contributed by atoms with E-state index in [0.717, 1.165) is 42.4 Å². The van der Waals surface area contributed by atoms with Crippen LogP contribution in [-0.4, -0.2) is 8.42 Å². The van der Waals surface area contributed by atoms with Crippen molar-refractivity contribution >= 4 is 16.1 Å². The average Bonchev–Trinajstić information content (AvgIpc) is 2.84. The Bertz CT molecular complexity index is 896. The zero-order chi connectivity index (χ0) is 21.9. The van der Waals surface area contributed by atoms with Crippen LogP contribution in [0.25, 0.3) is 6.08 Å². The maximum absolute atomic E-state index is 13.2. The molecule has 1 fully saturated rings. The highest BCUT2D eigenvalue weighted by Gasteiger charge is 2.28. The first-order chi connectivity index (χ1) is 15.1. The van der Waals surface area contributed by atoms with E-state index in [2.05, 4.69) is 17.4 Å². The molecule has 1 saturated carbocycles. The fourth-order valence-electron chi connectivity index (χ4n) is 4.77. The molecule has 4 heteroatoms. The van der Waals surface area contributed by atoms with Crippen LogP contribution in [0.2, 0.25) is 0 Å². The lowest BCUT2D eigenvalue weighted by Gasteiger charge is -2.30. The van der Waals surface area contributed by atoms with Crippen LogP contribution in [0.1, 0.15) is 86.9 Å². The molecule has 0 heterocycles. The van der Waals surface area contributed by atoms with Gasteiger partial charge >= 0.3 is 0 Å². The zero-order valence-electron chi connectivity index (χ0n) is 18.6. The summed E-state index contributed by atoms with van der Waals surface area (Å²) in [7, 11) is -3.49. The van der Waals surface area contributed by atoms with Crippen LogP contribution in [0.15, 0.2) is 61.2 Å². The van der Waals surface area contributed by atoms with Gasteiger partial charge in [0.1, 0.15) is 0 Å². The predicted octanol–water partition coefficient (Wildman–Crippen LogP) is 7.02. The summed E-state index contributed by atoms with van der Waals surface area (Å²) >= 11 is 0. The Hall–Kier alpha value is -1.91. The van der Waals surface area contributed by atoms with E-state index in [1.807, 2.05) is 54.6 Å². The van der Waals surface area contributed by atoms with Gasteiger partial charge in [0.2, 0.25) is 10.0 Å². The van der Waals surface area contributed by atoms with Crippen LogP contribution in [0, 0.1) is 5.92 Å². The highest BCUT2D eigenvalue weighted by molar-refractivity contribution is 7.88. The van der Waals surface area contributed by atoms with Gasteiger partial charge in [0.05, 0.1) is 11.8 Å². The quantitative estimate of drug-likeness (QED) is 0.504. The lowest BCUT2D eigenvalue weighted by Crippen LogP contribution is -2.35. The minimum absolute atomic E-state index is 0.00726. The second-order valence-corrected chi connectivity index (χ2v) is 10.6. The zero-order valence-corrected chi connectivity index (χ0v) is 19.5. The Morgan fingerprint density at radius 1 is 0.839 bits per heavy atom. The standard InChI is InChI=1S/C27H37NO2S/c1-2-24-18-14-15-21-26(24)27(25-19-12-7-5-3-4-6-8-13-20-25)28-31(29,30)22-23-16-10-9-11-17-23/h2,9-11,14-18,21,25,27-28H,1,3-8,12-13,19-20,22H2. The maximum Gasteiger partial charge on any atom is 0.216 e. The van der Waals surface area contributed by atoms with Crippen LogP contribution in [0.3, 0.4) is 0 Å². The van der Waals surface area contributed by atoms with E-state index >= 15 is 0 Å². The van der Waals surface area contributed by atoms with Crippen molar-refractivity contribution in [2.75, 3.05) is 0 Å². The molecule has 0 saturated heterocycles. The van der Waals surface area contributed by atoms with E-state index in [9.17, 15) is 8.42 Å². The molecule has 1 aliphatic carbocycles. The van der Waals surface area contributed by atoms with Gasteiger partial charge in [-0.1, -0.05) is 119 Å². The fourth-order valence-corrected chi connectivity index (χ4v) is 6.19. The summed E-state index contributed by atoms with van der Waals surface area (Å²) in [6.07, 6.45) is 14.0. The molecule has 1 atom stereocenters. The molecule has 2 aromatic carbocycles. The molecular formula is C27H37NO2S. The highest BCUT2D eigenvalue weighted by Crippen LogP contribution is 2.35. The smallest absolute Gasteiger partial charge is 0.212 e. The molecule has 1 N–H and O–H groups in total. The van der Waals surface area contributed by atoms with E-state index in [-0.39, 0.29) is 11.8 Å². The minimum Gasteiger partial charge on any atom is -0.212 e. The number of sulfonamides is 1. The SMILES string of the molecule is C=Cc1ccccc1C(NS(=O)(=O)Cc1ccccc1)C1CCCCCCCCCC1. The third-order valence-electron chi connectivity index (χ3n) is 6.43. The average molecular weight is 440 g/mol. The summed E-state index contributed by atoms with van der Waals surface area (Å²) in [5.74, 6) is 0.303. The van der Waals surface area contributed by atoms with Gasteiger partial charge in [-0.15, -0.1) is 0 Å². The van der Waals surface area contributed by atoms with Gasteiger partial charge in [0.25, 0.3) is 0 Å². The van der Waals surface area contributed by atoms with E-state index in [1.54, 1.807) is 0 Å². The number of rotatable bonds is 7. The molecule has 0 radical (unpaired) electrons. The molecule has 0 spiro atoms. The summed E-state index contributed by atoms with van der Waals surface area (Å²) in [6, 6.07) is 17.3. The largest absolute Gasteiger partial charge is 0.216 e. The van der Waals surface area contributed by atoms with E-state index in [4.69, 9.17) is 0 Å². The third-order valence-corrected chi connectivity index (χ3v) is 7.75. The molecule has 3 nitrogen and oxygen atoms in total. The number of benzene rings is 2. The first-order valence-electron chi connectivity index (χ1n) is 11.8. The van der Waals surface area contributed by atoms with Gasteiger partial charge in [-0.05, 0) is 35.4 Å². The first-order valence-corrected chi connectivity index (χ1v) is 13.5. The van der Waals surface area contributed by atoms with Crippen molar-refractivity contribution in [3.05, 3.63) is 77.9 Å². The number of hydrogen-bond acceptors (Lipinski definition) is 2. The molecule has 0 aromatic heterocycles. The monoisotopic (exact) mass is 439 g/mol.